The van der Waals surface area contributed by atoms with E-state index in [1.807, 2.05) is 4.83 Å². The molecule has 0 radical (unpaired) electrons. The SMILES string of the molecule is O=[N+]([O-])c1ccc(-c2ccc(/C=N\NS(=O)(=O)c3ccc([N+](=O)[O-])cc3)o2)cc1. The highest BCUT2D eigenvalue weighted by atomic mass is 32.2. The van der Waals surface area contributed by atoms with Crippen LogP contribution in [0.2, 0.25) is 0 Å². The molecule has 2 aromatic carbocycles. The first-order chi connectivity index (χ1) is 13.8. The molecule has 1 aromatic heterocycles. The number of nitro benzene ring substituents is 2. The molecule has 0 atom stereocenters. The standard InChI is InChI=1S/C17H12N4O7S/c22-20(23)13-3-1-12(2-4-13)17-10-7-15(28-17)11-18-19-29(26,27)16-8-5-14(6-9-16)21(24)25/h1-11,19H/b18-11-. The molecule has 0 unspecified atom stereocenters. The smallest absolute Gasteiger partial charge is 0.276 e. The van der Waals surface area contributed by atoms with Crippen LogP contribution in [0.15, 0.2) is 75.1 Å². The van der Waals surface area contributed by atoms with E-state index in [1.165, 1.54) is 24.3 Å². The average molecular weight is 416 g/mol. The van der Waals surface area contributed by atoms with Gasteiger partial charge in [0.2, 0.25) is 0 Å². The van der Waals surface area contributed by atoms with Gasteiger partial charge in [0.1, 0.15) is 11.5 Å². The molecule has 0 aliphatic rings. The molecular weight excluding hydrogens is 404 g/mol. The lowest BCUT2D eigenvalue weighted by Gasteiger charge is -2.02. The van der Waals surface area contributed by atoms with Gasteiger partial charge < -0.3 is 4.42 Å². The lowest BCUT2D eigenvalue weighted by molar-refractivity contribution is -0.385. The summed E-state index contributed by atoms with van der Waals surface area (Å²) in [5.41, 5.74) is 0.311. The summed E-state index contributed by atoms with van der Waals surface area (Å²) in [6.07, 6.45) is 1.14. The number of hydrogen-bond donors (Lipinski definition) is 1. The number of benzene rings is 2. The lowest BCUT2D eigenvalue weighted by Crippen LogP contribution is -2.18. The van der Waals surface area contributed by atoms with Crippen molar-refractivity contribution in [2.45, 2.75) is 4.90 Å². The van der Waals surface area contributed by atoms with Crippen molar-refractivity contribution in [3.8, 4) is 11.3 Å². The van der Waals surface area contributed by atoms with E-state index in [9.17, 15) is 28.6 Å². The van der Waals surface area contributed by atoms with Gasteiger partial charge in [-0.15, -0.1) is 0 Å². The quantitative estimate of drug-likeness (QED) is 0.352. The van der Waals surface area contributed by atoms with Gasteiger partial charge in [-0.3, -0.25) is 20.2 Å². The normalized spacial score (nSPS) is 11.4. The summed E-state index contributed by atoms with van der Waals surface area (Å²) in [4.78, 5) is 21.9. The summed E-state index contributed by atoms with van der Waals surface area (Å²) in [6, 6.07) is 13.2. The topological polar surface area (TPSA) is 158 Å². The molecule has 11 nitrogen and oxygen atoms in total. The van der Waals surface area contributed by atoms with Crippen molar-refractivity contribution < 1.29 is 22.7 Å². The third-order valence-corrected chi connectivity index (χ3v) is 4.95. The van der Waals surface area contributed by atoms with Crippen molar-refractivity contribution in [2.75, 3.05) is 0 Å². The van der Waals surface area contributed by atoms with Crippen LogP contribution in [0, 0.1) is 20.2 Å². The number of nitrogens with zero attached hydrogens (tertiary/aromatic N) is 3. The molecule has 148 valence electrons. The van der Waals surface area contributed by atoms with Gasteiger partial charge in [-0.2, -0.15) is 18.4 Å². The summed E-state index contributed by atoms with van der Waals surface area (Å²) < 4.78 is 29.8. The van der Waals surface area contributed by atoms with Crippen LogP contribution in [0.3, 0.4) is 0 Å². The van der Waals surface area contributed by atoms with E-state index >= 15 is 0 Å². The number of hydrogen-bond acceptors (Lipinski definition) is 8. The molecule has 29 heavy (non-hydrogen) atoms. The van der Waals surface area contributed by atoms with Crippen LogP contribution in [-0.4, -0.2) is 24.5 Å². The monoisotopic (exact) mass is 416 g/mol. The predicted octanol–water partition coefficient (Wildman–Crippen LogP) is 3.08. The van der Waals surface area contributed by atoms with Gasteiger partial charge in [-0.25, -0.2) is 0 Å². The Hall–Kier alpha value is -4.06. The molecule has 0 aliphatic carbocycles. The van der Waals surface area contributed by atoms with Crippen LogP contribution in [0.1, 0.15) is 5.76 Å². The largest absolute Gasteiger partial charge is 0.455 e. The Labute approximate surface area is 163 Å². The van der Waals surface area contributed by atoms with Crippen molar-refractivity contribution in [3.63, 3.8) is 0 Å². The maximum atomic E-state index is 12.1. The first-order valence-electron chi connectivity index (χ1n) is 7.90. The fourth-order valence-electron chi connectivity index (χ4n) is 2.28. The van der Waals surface area contributed by atoms with Gasteiger partial charge >= 0.3 is 0 Å². The number of non-ortho nitro benzene ring substituents is 2. The summed E-state index contributed by atoms with van der Waals surface area (Å²) in [6.45, 7) is 0. The highest BCUT2D eigenvalue weighted by Gasteiger charge is 2.15. The summed E-state index contributed by atoms with van der Waals surface area (Å²) in [7, 11) is -4.01. The van der Waals surface area contributed by atoms with Gasteiger partial charge in [0.15, 0.2) is 0 Å². The molecule has 1 N–H and O–H groups in total. The fourth-order valence-corrected chi connectivity index (χ4v) is 3.08. The molecule has 12 heteroatoms. The molecule has 0 spiro atoms. The maximum Gasteiger partial charge on any atom is 0.276 e. The second-order valence-corrected chi connectivity index (χ2v) is 7.27. The van der Waals surface area contributed by atoms with Crippen LogP contribution >= 0.6 is 0 Å². The van der Waals surface area contributed by atoms with E-state index in [0.29, 0.717) is 11.3 Å². The molecule has 0 aliphatic heterocycles. The Kier molecular flexibility index (Phi) is 5.36. The lowest BCUT2D eigenvalue weighted by atomic mass is 10.1. The number of nitrogens with one attached hydrogen (secondary N) is 1. The Morgan fingerprint density at radius 3 is 1.97 bits per heavy atom. The summed E-state index contributed by atoms with van der Waals surface area (Å²) in [5.74, 6) is 0.657. The van der Waals surface area contributed by atoms with E-state index < -0.39 is 19.9 Å². The maximum absolute atomic E-state index is 12.1. The van der Waals surface area contributed by atoms with E-state index in [1.54, 1.807) is 12.1 Å². The van der Waals surface area contributed by atoms with Gasteiger partial charge in [0.25, 0.3) is 21.4 Å². The Morgan fingerprint density at radius 2 is 1.41 bits per heavy atom. The second kappa shape index (κ2) is 7.90. The number of sulfonamides is 1. The van der Waals surface area contributed by atoms with Crippen molar-refractivity contribution in [1.29, 1.82) is 0 Å². The zero-order valence-electron chi connectivity index (χ0n) is 14.5. The van der Waals surface area contributed by atoms with E-state index in [2.05, 4.69) is 5.10 Å². The number of nitro groups is 2. The molecular formula is C17H12N4O7S. The number of hydrazone groups is 1. The van der Waals surface area contributed by atoms with Crippen LogP contribution < -0.4 is 4.83 Å². The minimum absolute atomic E-state index is 0.0530. The average Bonchev–Trinajstić information content (AvgIpc) is 3.17. The molecule has 0 bridgehead atoms. The van der Waals surface area contributed by atoms with Gasteiger partial charge in [-0.05, 0) is 36.4 Å². The highest BCUT2D eigenvalue weighted by Crippen LogP contribution is 2.24. The first-order valence-corrected chi connectivity index (χ1v) is 9.38. The van der Waals surface area contributed by atoms with E-state index in [0.717, 1.165) is 30.5 Å². The van der Waals surface area contributed by atoms with Crippen molar-refractivity contribution in [2.24, 2.45) is 5.10 Å². The van der Waals surface area contributed by atoms with Crippen LogP contribution in [0.5, 0.6) is 0 Å². The Bertz CT molecular complexity index is 1180. The number of furan rings is 1. The highest BCUT2D eigenvalue weighted by molar-refractivity contribution is 7.89. The zero-order chi connectivity index (χ0) is 21.0. The molecule has 0 saturated heterocycles. The third kappa shape index (κ3) is 4.62. The van der Waals surface area contributed by atoms with Crippen LogP contribution in [0.4, 0.5) is 11.4 Å². The van der Waals surface area contributed by atoms with Crippen LogP contribution in [-0.2, 0) is 10.0 Å². The van der Waals surface area contributed by atoms with Crippen molar-refractivity contribution >= 4 is 27.6 Å². The fraction of sp³-hybridized carbons (Fsp3) is 0. The van der Waals surface area contributed by atoms with Crippen LogP contribution in [0.25, 0.3) is 11.3 Å². The summed E-state index contributed by atoms with van der Waals surface area (Å²) >= 11 is 0. The minimum atomic E-state index is -4.01. The third-order valence-electron chi connectivity index (χ3n) is 3.71. The number of rotatable bonds is 7. The van der Waals surface area contributed by atoms with Crippen molar-refractivity contribution in [1.82, 2.24) is 4.83 Å². The predicted molar refractivity (Wildman–Crippen MR) is 102 cm³/mol. The van der Waals surface area contributed by atoms with Crippen molar-refractivity contribution in [3.05, 3.63) is 86.7 Å². The van der Waals surface area contributed by atoms with Gasteiger partial charge in [0, 0.05) is 29.8 Å². The summed E-state index contributed by atoms with van der Waals surface area (Å²) in [5, 5.41) is 24.9. The minimum Gasteiger partial charge on any atom is -0.455 e. The molecule has 1 heterocycles. The van der Waals surface area contributed by atoms with Gasteiger partial charge in [0.05, 0.1) is 21.0 Å². The first kappa shape index (κ1) is 19.7. The van der Waals surface area contributed by atoms with E-state index in [4.69, 9.17) is 4.42 Å². The molecule has 0 saturated carbocycles. The molecule has 3 rings (SSSR count). The zero-order valence-corrected chi connectivity index (χ0v) is 15.3. The molecule has 0 fully saturated rings. The van der Waals surface area contributed by atoms with Gasteiger partial charge in [-0.1, -0.05) is 0 Å². The Balaban J connectivity index is 1.69. The second-order valence-electron chi connectivity index (χ2n) is 5.61. The Morgan fingerprint density at radius 1 is 0.862 bits per heavy atom. The molecule has 3 aromatic rings. The van der Waals surface area contributed by atoms with E-state index in [-0.39, 0.29) is 22.0 Å². The molecule has 0 amide bonds.